The summed E-state index contributed by atoms with van der Waals surface area (Å²) >= 11 is 0. The van der Waals surface area contributed by atoms with Gasteiger partial charge >= 0.3 is 0 Å². The van der Waals surface area contributed by atoms with E-state index in [4.69, 9.17) is 21.6 Å². The van der Waals surface area contributed by atoms with E-state index in [-0.39, 0.29) is 5.84 Å². The van der Waals surface area contributed by atoms with Crippen LogP contribution in [0.5, 0.6) is 5.75 Å². The molecule has 0 unspecified atom stereocenters. The Morgan fingerprint density at radius 3 is 2.46 bits per heavy atom. The van der Waals surface area contributed by atoms with Gasteiger partial charge in [0.15, 0.2) is 5.82 Å². The molecule has 0 aliphatic heterocycles. The van der Waals surface area contributed by atoms with Gasteiger partial charge in [0.2, 0.25) is 0 Å². The van der Waals surface area contributed by atoms with Crippen molar-refractivity contribution in [2.24, 2.45) is 5.73 Å². The van der Waals surface area contributed by atoms with Crippen LogP contribution in [-0.4, -0.2) is 17.9 Å². The molecule has 132 valence electrons. The van der Waals surface area contributed by atoms with Gasteiger partial charge in [-0.2, -0.15) is 0 Å². The van der Waals surface area contributed by atoms with Gasteiger partial charge in [-0.05, 0) is 24.6 Å². The van der Waals surface area contributed by atoms with E-state index in [1.165, 1.54) is 0 Å². The van der Waals surface area contributed by atoms with Gasteiger partial charge in [0.05, 0.1) is 18.4 Å². The molecule has 0 bridgehead atoms. The van der Waals surface area contributed by atoms with Crippen molar-refractivity contribution >= 4 is 23.0 Å². The highest BCUT2D eigenvalue weighted by Crippen LogP contribution is 2.36. The molecular formula is C20H21N5O. The largest absolute Gasteiger partial charge is 0.496 e. The van der Waals surface area contributed by atoms with Crippen LogP contribution >= 0.6 is 0 Å². The number of hydrogen-bond donors (Lipinski definition) is 4. The lowest BCUT2D eigenvalue weighted by Crippen LogP contribution is -2.17. The fourth-order valence-corrected chi connectivity index (χ4v) is 2.83. The van der Waals surface area contributed by atoms with Crippen LogP contribution in [-0.2, 0) is 0 Å². The molecule has 0 atom stereocenters. The highest BCUT2D eigenvalue weighted by Gasteiger charge is 2.18. The molecule has 0 aliphatic carbocycles. The number of benzene rings is 2. The molecule has 0 amide bonds. The summed E-state index contributed by atoms with van der Waals surface area (Å²) in [5.74, 6) is 0.998. The van der Waals surface area contributed by atoms with E-state index in [0.717, 1.165) is 16.8 Å². The molecule has 26 heavy (non-hydrogen) atoms. The Morgan fingerprint density at radius 2 is 1.77 bits per heavy atom. The summed E-state index contributed by atoms with van der Waals surface area (Å²) in [4.78, 5) is 4.47. The van der Waals surface area contributed by atoms with Gasteiger partial charge in [-0.3, -0.25) is 5.41 Å². The number of para-hydroxylation sites is 2. The lowest BCUT2D eigenvalue weighted by atomic mass is 9.98. The highest BCUT2D eigenvalue weighted by molar-refractivity contribution is 6.08. The molecule has 0 saturated heterocycles. The number of rotatable bonds is 5. The van der Waals surface area contributed by atoms with E-state index in [9.17, 15) is 0 Å². The first-order valence-corrected chi connectivity index (χ1v) is 8.11. The van der Waals surface area contributed by atoms with Crippen LogP contribution in [0, 0.1) is 12.3 Å². The van der Waals surface area contributed by atoms with E-state index in [1.54, 1.807) is 13.3 Å². The summed E-state index contributed by atoms with van der Waals surface area (Å²) in [5.41, 5.74) is 16.3. The second kappa shape index (κ2) is 7.14. The second-order valence-corrected chi connectivity index (χ2v) is 5.86. The van der Waals surface area contributed by atoms with Crippen molar-refractivity contribution in [1.82, 2.24) is 4.98 Å². The second-order valence-electron chi connectivity index (χ2n) is 5.86. The number of aryl methyl sites for hydroxylation is 1. The van der Waals surface area contributed by atoms with Crippen molar-refractivity contribution in [3.63, 3.8) is 0 Å². The van der Waals surface area contributed by atoms with E-state index in [2.05, 4.69) is 10.3 Å². The molecule has 6 heteroatoms. The van der Waals surface area contributed by atoms with Crippen LogP contribution in [0.2, 0.25) is 0 Å². The number of pyridine rings is 1. The van der Waals surface area contributed by atoms with Gasteiger partial charge in [0, 0.05) is 23.0 Å². The summed E-state index contributed by atoms with van der Waals surface area (Å²) in [7, 11) is 1.59. The third kappa shape index (κ3) is 3.17. The Balaban J connectivity index is 2.13. The molecule has 2 aromatic carbocycles. The van der Waals surface area contributed by atoms with Crippen molar-refractivity contribution < 1.29 is 4.74 Å². The Labute approximate surface area is 152 Å². The molecule has 1 heterocycles. The minimum Gasteiger partial charge on any atom is -0.496 e. The van der Waals surface area contributed by atoms with Crippen LogP contribution in [0.4, 0.5) is 17.2 Å². The first-order valence-electron chi connectivity index (χ1n) is 8.11. The molecule has 0 saturated carbocycles. The van der Waals surface area contributed by atoms with Crippen LogP contribution in [0.1, 0.15) is 11.1 Å². The zero-order valence-corrected chi connectivity index (χ0v) is 14.7. The lowest BCUT2D eigenvalue weighted by Gasteiger charge is -2.17. The minimum absolute atomic E-state index is 0.126. The Hall–Kier alpha value is -3.54. The predicted molar refractivity (Wildman–Crippen MR) is 106 cm³/mol. The van der Waals surface area contributed by atoms with Crippen molar-refractivity contribution in [2.45, 2.75) is 6.92 Å². The van der Waals surface area contributed by atoms with Crippen molar-refractivity contribution in [1.29, 1.82) is 5.41 Å². The SMILES string of the molecule is COc1ccccc1-c1cnc(Nc2ccccc2C)c(N)c1C(=N)N. The van der Waals surface area contributed by atoms with Gasteiger partial charge < -0.3 is 21.5 Å². The number of aromatic nitrogens is 1. The summed E-state index contributed by atoms with van der Waals surface area (Å²) in [6.07, 6.45) is 1.66. The van der Waals surface area contributed by atoms with Gasteiger partial charge in [0.25, 0.3) is 0 Å². The smallest absolute Gasteiger partial charge is 0.154 e. The van der Waals surface area contributed by atoms with Gasteiger partial charge in [-0.25, -0.2) is 4.98 Å². The average Bonchev–Trinajstić information content (AvgIpc) is 2.64. The maximum Gasteiger partial charge on any atom is 0.154 e. The lowest BCUT2D eigenvalue weighted by molar-refractivity contribution is 0.416. The molecule has 6 N–H and O–H groups in total. The third-order valence-corrected chi connectivity index (χ3v) is 4.18. The Morgan fingerprint density at radius 1 is 1.08 bits per heavy atom. The number of anilines is 3. The van der Waals surface area contributed by atoms with Crippen LogP contribution < -0.4 is 21.5 Å². The first kappa shape index (κ1) is 17.3. The minimum atomic E-state index is -0.126. The third-order valence-electron chi connectivity index (χ3n) is 4.18. The summed E-state index contributed by atoms with van der Waals surface area (Å²) < 4.78 is 5.42. The van der Waals surface area contributed by atoms with E-state index >= 15 is 0 Å². The molecule has 3 aromatic rings. The van der Waals surface area contributed by atoms with Crippen LogP contribution in [0.3, 0.4) is 0 Å². The summed E-state index contributed by atoms with van der Waals surface area (Å²) in [6.45, 7) is 1.99. The number of hydrogen-bond acceptors (Lipinski definition) is 5. The van der Waals surface area contributed by atoms with E-state index in [0.29, 0.717) is 28.4 Å². The zero-order valence-electron chi connectivity index (χ0n) is 14.7. The number of ether oxygens (including phenoxy) is 1. The molecule has 1 aromatic heterocycles. The molecular weight excluding hydrogens is 326 g/mol. The molecule has 6 nitrogen and oxygen atoms in total. The van der Waals surface area contributed by atoms with Crippen molar-refractivity contribution in [3.05, 3.63) is 65.9 Å². The van der Waals surface area contributed by atoms with Crippen LogP contribution in [0.15, 0.2) is 54.7 Å². The summed E-state index contributed by atoms with van der Waals surface area (Å²) in [6, 6.07) is 15.3. The maximum atomic E-state index is 8.01. The van der Waals surface area contributed by atoms with E-state index < -0.39 is 0 Å². The van der Waals surface area contributed by atoms with Gasteiger partial charge in [-0.15, -0.1) is 0 Å². The Bertz CT molecular complexity index is 968. The molecule has 0 aliphatic rings. The number of nitrogens with two attached hydrogens (primary N) is 2. The topological polar surface area (TPSA) is 110 Å². The predicted octanol–water partition coefficient (Wildman–Crippen LogP) is 3.68. The number of nitrogens with zero attached hydrogens (tertiary/aromatic N) is 1. The number of amidine groups is 1. The zero-order chi connectivity index (χ0) is 18.7. The monoisotopic (exact) mass is 347 g/mol. The van der Waals surface area contributed by atoms with Gasteiger partial charge in [-0.1, -0.05) is 36.4 Å². The molecule has 0 fully saturated rings. The fraction of sp³-hybridized carbons (Fsp3) is 0.100. The molecule has 3 rings (SSSR count). The highest BCUT2D eigenvalue weighted by atomic mass is 16.5. The number of nitrogen functional groups attached to an aromatic ring is 2. The first-order chi connectivity index (χ1) is 12.5. The number of methoxy groups -OCH3 is 1. The van der Waals surface area contributed by atoms with E-state index in [1.807, 2.05) is 55.5 Å². The quantitative estimate of drug-likeness (QED) is 0.416. The maximum absolute atomic E-state index is 8.01. The molecule has 0 radical (unpaired) electrons. The van der Waals surface area contributed by atoms with Crippen molar-refractivity contribution in [3.8, 4) is 16.9 Å². The summed E-state index contributed by atoms with van der Waals surface area (Å²) in [5, 5.41) is 11.2. The van der Waals surface area contributed by atoms with Crippen molar-refractivity contribution in [2.75, 3.05) is 18.2 Å². The fourth-order valence-electron chi connectivity index (χ4n) is 2.83. The normalized spacial score (nSPS) is 10.4. The standard InChI is InChI=1S/C20H21N5O/c1-12-7-3-5-9-15(12)25-20-18(21)17(19(22)23)14(11-24-20)13-8-4-6-10-16(13)26-2/h3-11H,21H2,1-2H3,(H3,22,23)(H,24,25). The van der Waals surface area contributed by atoms with Crippen LogP contribution in [0.25, 0.3) is 11.1 Å². The Kier molecular flexibility index (Phi) is 4.75. The number of nitrogens with one attached hydrogen (secondary N) is 2. The molecule has 0 spiro atoms. The van der Waals surface area contributed by atoms with Gasteiger partial charge in [0.1, 0.15) is 11.6 Å². The average molecular weight is 347 g/mol.